The molecule has 5 aromatic rings. The fraction of sp³-hybridized carbons (Fsp3) is 0.233. The number of aliphatic carboxylic acids is 1. The number of aryl methyl sites for hydroxylation is 1. The lowest BCUT2D eigenvalue weighted by Gasteiger charge is -2.27. The molecular weight excluding hydrogens is 490 g/mol. The average molecular weight is 520 g/mol. The second kappa shape index (κ2) is 10.2. The molecule has 0 spiro atoms. The largest absolute Gasteiger partial charge is 0.481 e. The van der Waals surface area contributed by atoms with E-state index in [1.54, 1.807) is 6.20 Å². The van der Waals surface area contributed by atoms with Crippen LogP contribution in [0.15, 0.2) is 72.9 Å². The smallest absolute Gasteiger partial charge is 0.306 e. The van der Waals surface area contributed by atoms with Gasteiger partial charge in [0.2, 0.25) is 0 Å². The number of carbonyl (C=O) groups is 1. The number of anilines is 2. The van der Waals surface area contributed by atoms with Gasteiger partial charge in [-0.25, -0.2) is 19.9 Å². The van der Waals surface area contributed by atoms with Crippen molar-refractivity contribution in [1.29, 1.82) is 0 Å². The van der Waals surface area contributed by atoms with Crippen molar-refractivity contribution >= 4 is 28.8 Å². The molecule has 1 aliphatic carbocycles. The molecule has 6 rings (SSSR count). The molecule has 1 aliphatic rings. The number of nitrogens with one attached hydrogen (secondary N) is 1. The molecular formula is C30H29N7O2. The van der Waals surface area contributed by atoms with E-state index in [2.05, 4.69) is 10.3 Å². The van der Waals surface area contributed by atoms with E-state index < -0.39 is 5.97 Å². The van der Waals surface area contributed by atoms with Gasteiger partial charge in [0.05, 0.1) is 28.6 Å². The Morgan fingerprint density at radius 1 is 0.949 bits per heavy atom. The molecule has 4 heterocycles. The summed E-state index contributed by atoms with van der Waals surface area (Å²) in [6, 6.07) is 21.9. The van der Waals surface area contributed by atoms with Gasteiger partial charge in [-0.05, 0) is 69.0 Å². The monoisotopic (exact) mass is 519 g/mol. The Hall–Kier alpha value is -4.79. The second-order valence-electron chi connectivity index (χ2n) is 9.94. The topological polar surface area (TPSA) is 132 Å². The summed E-state index contributed by atoms with van der Waals surface area (Å²) in [5, 5.41) is 12.8. The van der Waals surface area contributed by atoms with Gasteiger partial charge in [0.1, 0.15) is 17.2 Å². The SMILES string of the molecule is Cc1nc(NC2CCC(C(=O)O)CC2)ccc1-n1c(-c2cccnc2N)nc2ccc(-c3ccccc3)nc21. The number of benzene rings is 1. The predicted molar refractivity (Wildman–Crippen MR) is 151 cm³/mol. The normalized spacial score (nSPS) is 17.3. The molecule has 0 saturated heterocycles. The van der Waals surface area contributed by atoms with E-state index in [1.807, 2.05) is 78.2 Å². The lowest BCUT2D eigenvalue weighted by Crippen LogP contribution is -2.29. The van der Waals surface area contributed by atoms with E-state index in [0.29, 0.717) is 35.7 Å². The molecule has 0 aliphatic heterocycles. The van der Waals surface area contributed by atoms with Crippen LogP contribution in [-0.4, -0.2) is 41.6 Å². The van der Waals surface area contributed by atoms with Gasteiger partial charge in [-0.3, -0.25) is 9.36 Å². The van der Waals surface area contributed by atoms with Crippen molar-refractivity contribution in [3.63, 3.8) is 0 Å². The molecule has 0 amide bonds. The van der Waals surface area contributed by atoms with Crippen LogP contribution >= 0.6 is 0 Å². The first-order valence-corrected chi connectivity index (χ1v) is 13.1. The number of rotatable bonds is 6. The summed E-state index contributed by atoms with van der Waals surface area (Å²) < 4.78 is 2.00. The van der Waals surface area contributed by atoms with Crippen LogP contribution in [-0.2, 0) is 4.79 Å². The van der Waals surface area contributed by atoms with E-state index in [4.69, 9.17) is 20.7 Å². The minimum atomic E-state index is -0.701. The van der Waals surface area contributed by atoms with Gasteiger partial charge < -0.3 is 16.2 Å². The number of imidazole rings is 1. The van der Waals surface area contributed by atoms with E-state index in [1.165, 1.54) is 0 Å². The Balaban J connectivity index is 1.41. The molecule has 4 aromatic heterocycles. The third kappa shape index (κ3) is 4.79. The number of nitrogens with zero attached hydrogens (tertiary/aromatic N) is 5. The van der Waals surface area contributed by atoms with Crippen LogP contribution in [0.4, 0.5) is 11.6 Å². The number of fused-ring (bicyclic) bond motifs is 1. The fourth-order valence-corrected chi connectivity index (χ4v) is 5.31. The molecule has 9 nitrogen and oxygen atoms in total. The highest BCUT2D eigenvalue weighted by Crippen LogP contribution is 2.33. The van der Waals surface area contributed by atoms with Gasteiger partial charge in [-0.15, -0.1) is 0 Å². The number of nitrogens with two attached hydrogens (primary N) is 1. The fourth-order valence-electron chi connectivity index (χ4n) is 5.31. The predicted octanol–water partition coefficient (Wildman–Crippen LogP) is 5.49. The lowest BCUT2D eigenvalue weighted by atomic mass is 9.86. The maximum absolute atomic E-state index is 11.3. The van der Waals surface area contributed by atoms with Gasteiger partial charge in [-0.1, -0.05) is 30.3 Å². The van der Waals surface area contributed by atoms with E-state index >= 15 is 0 Å². The molecule has 0 radical (unpaired) electrons. The summed E-state index contributed by atoms with van der Waals surface area (Å²) in [5.74, 6) is 0.846. The Morgan fingerprint density at radius 2 is 1.74 bits per heavy atom. The number of nitrogen functional groups attached to an aromatic ring is 1. The first-order valence-electron chi connectivity index (χ1n) is 13.1. The molecule has 0 unspecified atom stereocenters. The van der Waals surface area contributed by atoms with Crippen LogP contribution in [0.25, 0.3) is 39.5 Å². The first kappa shape index (κ1) is 24.5. The van der Waals surface area contributed by atoms with Gasteiger partial charge in [-0.2, -0.15) is 0 Å². The second-order valence-corrected chi connectivity index (χ2v) is 9.94. The van der Waals surface area contributed by atoms with Crippen molar-refractivity contribution in [2.75, 3.05) is 11.1 Å². The lowest BCUT2D eigenvalue weighted by molar-refractivity contribution is -0.142. The zero-order valence-electron chi connectivity index (χ0n) is 21.6. The van der Waals surface area contributed by atoms with Gasteiger partial charge in [0.25, 0.3) is 0 Å². The van der Waals surface area contributed by atoms with Crippen LogP contribution in [0.1, 0.15) is 31.4 Å². The molecule has 4 N–H and O–H groups in total. The minimum Gasteiger partial charge on any atom is -0.481 e. The summed E-state index contributed by atoms with van der Waals surface area (Å²) in [6.45, 7) is 1.96. The van der Waals surface area contributed by atoms with E-state index in [9.17, 15) is 9.90 Å². The molecule has 1 saturated carbocycles. The molecule has 1 fully saturated rings. The Bertz CT molecular complexity index is 1660. The molecule has 9 heteroatoms. The third-order valence-electron chi connectivity index (χ3n) is 7.38. The number of pyridine rings is 3. The van der Waals surface area contributed by atoms with Crippen molar-refractivity contribution < 1.29 is 9.90 Å². The highest BCUT2D eigenvalue weighted by atomic mass is 16.4. The molecule has 39 heavy (non-hydrogen) atoms. The highest BCUT2D eigenvalue weighted by molar-refractivity contribution is 5.84. The van der Waals surface area contributed by atoms with Crippen LogP contribution < -0.4 is 11.1 Å². The zero-order valence-corrected chi connectivity index (χ0v) is 21.6. The zero-order chi connectivity index (χ0) is 26.9. The first-order chi connectivity index (χ1) is 19.0. The molecule has 0 atom stereocenters. The standard InChI is InChI=1S/C30H29N7O2/c1-18-25(15-16-26(33-18)34-21-11-9-20(10-12-21)30(38)39)37-28(22-8-5-17-32-27(22)31)36-24-14-13-23(35-29(24)37)19-6-3-2-4-7-19/h2-8,13-17,20-21H,9-12H2,1H3,(H2,31,32)(H,33,34)(H,38,39). The summed E-state index contributed by atoms with van der Waals surface area (Å²) in [6.07, 6.45) is 4.63. The number of aromatic nitrogens is 5. The van der Waals surface area contributed by atoms with Gasteiger partial charge in [0.15, 0.2) is 11.5 Å². The van der Waals surface area contributed by atoms with Crippen molar-refractivity contribution in [2.45, 2.75) is 38.6 Å². The van der Waals surface area contributed by atoms with Crippen molar-refractivity contribution in [2.24, 2.45) is 5.92 Å². The van der Waals surface area contributed by atoms with Crippen molar-refractivity contribution in [3.05, 3.63) is 78.6 Å². The van der Waals surface area contributed by atoms with Crippen LogP contribution in [0.3, 0.4) is 0 Å². The number of carboxylic acids is 1. The summed E-state index contributed by atoms with van der Waals surface area (Å²) in [7, 11) is 0. The third-order valence-corrected chi connectivity index (χ3v) is 7.38. The average Bonchev–Trinajstić information content (AvgIpc) is 3.32. The summed E-state index contributed by atoms with van der Waals surface area (Å²) in [4.78, 5) is 30.4. The van der Waals surface area contributed by atoms with Gasteiger partial charge >= 0.3 is 5.97 Å². The van der Waals surface area contributed by atoms with Crippen molar-refractivity contribution in [3.8, 4) is 28.3 Å². The molecule has 196 valence electrons. The summed E-state index contributed by atoms with van der Waals surface area (Å²) >= 11 is 0. The minimum absolute atomic E-state index is 0.202. The van der Waals surface area contributed by atoms with Crippen LogP contribution in [0, 0.1) is 12.8 Å². The Labute approximate surface area is 225 Å². The van der Waals surface area contributed by atoms with E-state index in [0.717, 1.165) is 46.8 Å². The quantitative estimate of drug-likeness (QED) is 0.268. The van der Waals surface area contributed by atoms with Crippen LogP contribution in [0.2, 0.25) is 0 Å². The number of hydrogen-bond donors (Lipinski definition) is 3. The van der Waals surface area contributed by atoms with Crippen LogP contribution in [0.5, 0.6) is 0 Å². The van der Waals surface area contributed by atoms with Crippen molar-refractivity contribution in [1.82, 2.24) is 24.5 Å². The summed E-state index contributed by atoms with van der Waals surface area (Å²) in [5.41, 5.74) is 11.9. The van der Waals surface area contributed by atoms with E-state index in [-0.39, 0.29) is 12.0 Å². The maximum atomic E-state index is 11.3. The molecule has 1 aromatic carbocycles. The molecule has 0 bridgehead atoms. The Morgan fingerprint density at radius 3 is 2.46 bits per heavy atom. The number of hydrogen-bond acceptors (Lipinski definition) is 7. The van der Waals surface area contributed by atoms with Gasteiger partial charge in [0, 0.05) is 17.8 Å². The Kier molecular flexibility index (Phi) is 6.40. The number of carboxylic acid groups (broad SMARTS) is 1. The highest BCUT2D eigenvalue weighted by Gasteiger charge is 2.26. The maximum Gasteiger partial charge on any atom is 0.306 e.